The summed E-state index contributed by atoms with van der Waals surface area (Å²) in [6.07, 6.45) is -6.33. The smallest absolute Gasteiger partial charge is 0.345 e. The molecule has 6 nitrogen and oxygen atoms in total. The summed E-state index contributed by atoms with van der Waals surface area (Å²) in [6.45, 7) is 1.57. The van der Waals surface area contributed by atoms with E-state index in [1.54, 1.807) is 19.1 Å². The Bertz CT molecular complexity index is 1060. The van der Waals surface area contributed by atoms with Crippen LogP contribution in [0.15, 0.2) is 53.9 Å². The molecule has 176 valence electrons. The molecule has 0 fully saturated rings. The van der Waals surface area contributed by atoms with Crippen molar-refractivity contribution in [2.45, 2.75) is 25.4 Å². The third-order valence-corrected chi connectivity index (χ3v) is 4.69. The number of amidine groups is 1. The second-order valence-corrected chi connectivity index (χ2v) is 7.41. The number of carbonyl (C=O) groups excluding carboxylic acids is 1. The maximum atomic E-state index is 13.2. The molecule has 0 saturated heterocycles. The van der Waals surface area contributed by atoms with Gasteiger partial charge in [0.1, 0.15) is 12.0 Å². The maximum Gasteiger partial charge on any atom is 0.416 e. The van der Waals surface area contributed by atoms with Gasteiger partial charge in [0.2, 0.25) is 0 Å². The minimum atomic E-state index is -4.98. The topological polar surface area (TPSA) is 60.8 Å². The monoisotopic (exact) mass is 471 g/mol. The maximum absolute atomic E-state index is 13.2. The molecule has 12 heteroatoms. The zero-order valence-corrected chi connectivity index (χ0v) is 17.7. The van der Waals surface area contributed by atoms with Crippen molar-refractivity contribution in [3.05, 3.63) is 71.2 Å². The number of alkyl halides is 6. The number of amides is 1. The van der Waals surface area contributed by atoms with Crippen molar-refractivity contribution in [2.24, 2.45) is 4.99 Å². The number of aromatic nitrogens is 1. The number of rotatable bonds is 4. The zero-order valence-electron chi connectivity index (χ0n) is 17.7. The van der Waals surface area contributed by atoms with Gasteiger partial charge >= 0.3 is 12.4 Å². The molecule has 1 atom stereocenters. The summed E-state index contributed by atoms with van der Waals surface area (Å²) in [5, 5.41) is 1.33. The van der Waals surface area contributed by atoms with Crippen LogP contribution in [0.5, 0.6) is 0 Å². The van der Waals surface area contributed by atoms with E-state index < -0.39 is 29.6 Å². The van der Waals surface area contributed by atoms with Crippen molar-refractivity contribution >= 4 is 17.3 Å². The fourth-order valence-corrected chi connectivity index (χ4v) is 3.02. The van der Waals surface area contributed by atoms with Crippen LogP contribution in [0.3, 0.4) is 0 Å². The Kier molecular flexibility index (Phi) is 6.39. The Labute approximate surface area is 185 Å². The molecule has 33 heavy (non-hydrogen) atoms. The molecule has 0 radical (unpaired) electrons. The van der Waals surface area contributed by atoms with Gasteiger partial charge in [-0.3, -0.25) is 20.2 Å². The van der Waals surface area contributed by atoms with Gasteiger partial charge in [-0.15, -0.1) is 0 Å². The Morgan fingerprint density at radius 1 is 1.09 bits per heavy atom. The average molecular weight is 471 g/mol. The van der Waals surface area contributed by atoms with E-state index in [4.69, 9.17) is 0 Å². The van der Waals surface area contributed by atoms with Gasteiger partial charge in [-0.2, -0.15) is 26.3 Å². The highest BCUT2D eigenvalue weighted by Crippen LogP contribution is 2.36. The quantitative estimate of drug-likeness (QED) is 0.538. The lowest BCUT2D eigenvalue weighted by atomic mass is 10.0. The summed E-state index contributed by atoms with van der Waals surface area (Å²) in [6, 6.07) is 4.50. The highest BCUT2D eigenvalue weighted by atomic mass is 19.4. The number of nitrogens with one attached hydrogen (secondary N) is 1. The van der Waals surface area contributed by atoms with Crippen LogP contribution in [-0.2, 0) is 17.1 Å². The largest absolute Gasteiger partial charge is 0.416 e. The molecule has 1 amide bonds. The minimum Gasteiger partial charge on any atom is -0.345 e. The van der Waals surface area contributed by atoms with E-state index in [1.165, 1.54) is 42.6 Å². The summed E-state index contributed by atoms with van der Waals surface area (Å²) in [7, 11) is 3.08. The zero-order chi connectivity index (χ0) is 24.6. The number of likely N-dealkylation sites (N-methyl/N-ethyl adjacent to an activating group) is 1. The molecular weight excluding hydrogens is 452 g/mol. The Balaban J connectivity index is 2.00. The summed E-state index contributed by atoms with van der Waals surface area (Å²) in [5.74, 6) is -0.581. The first-order chi connectivity index (χ1) is 15.3. The van der Waals surface area contributed by atoms with E-state index in [0.29, 0.717) is 17.7 Å². The summed E-state index contributed by atoms with van der Waals surface area (Å²) >= 11 is 0. The molecule has 2 heterocycles. The highest BCUT2D eigenvalue weighted by Gasteiger charge is 2.38. The molecule has 1 unspecified atom stereocenters. The van der Waals surface area contributed by atoms with E-state index in [0.717, 1.165) is 0 Å². The number of nitrogens with zero attached hydrogens (tertiary/aromatic N) is 4. The van der Waals surface area contributed by atoms with Crippen LogP contribution in [-0.4, -0.2) is 46.9 Å². The van der Waals surface area contributed by atoms with Crippen molar-refractivity contribution in [1.82, 2.24) is 20.3 Å². The second-order valence-electron chi connectivity index (χ2n) is 7.41. The lowest BCUT2D eigenvalue weighted by Gasteiger charge is -2.22. The van der Waals surface area contributed by atoms with Gasteiger partial charge in [0.05, 0.1) is 16.7 Å². The van der Waals surface area contributed by atoms with Gasteiger partial charge in [0.15, 0.2) is 0 Å². The first-order valence-corrected chi connectivity index (χ1v) is 9.54. The SMILES string of the molecule is CC1N=C(c2cc(C(F)(F)F)cc(C(F)(F)F)c2)NN1/C=C(/C(=O)N(C)C)c1cccnc1. The molecule has 1 aromatic carbocycles. The summed E-state index contributed by atoms with van der Waals surface area (Å²) in [5.41, 5.74) is 0.0759. The number of aliphatic imine (C=N–C) groups is 1. The molecule has 1 aromatic heterocycles. The molecule has 0 saturated carbocycles. The average Bonchev–Trinajstić information content (AvgIpc) is 3.11. The molecule has 1 aliphatic rings. The van der Waals surface area contributed by atoms with Crippen molar-refractivity contribution in [1.29, 1.82) is 0 Å². The standard InChI is InChI=1S/C21H19F6N5O/c1-12-29-18(14-7-15(20(22,23)24)9-16(8-14)21(25,26)27)30-32(12)11-17(19(33)31(2)3)13-5-4-6-28-10-13/h4-12H,1-3H3,(H,29,30)/b17-11+. The second kappa shape index (κ2) is 8.75. The van der Waals surface area contributed by atoms with Crippen LogP contribution in [0, 0.1) is 0 Å². The molecule has 0 spiro atoms. The van der Waals surface area contributed by atoms with Gasteiger partial charge < -0.3 is 4.90 Å². The molecule has 1 aliphatic heterocycles. The lowest BCUT2D eigenvalue weighted by molar-refractivity contribution is -0.143. The first-order valence-electron chi connectivity index (χ1n) is 9.54. The number of hydrazine groups is 1. The number of pyridine rings is 1. The van der Waals surface area contributed by atoms with Gasteiger partial charge in [0, 0.05) is 43.8 Å². The predicted octanol–water partition coefficient (Wildman–Crippen LogP) is 4.16. The number of hydrogen-bond donors (Lipinski definition) is 1. The molecular formula is C21H19F6N5O. The van der Waals surface area contributed by atoms with Gasteiger partial charge in [-0.05, 0) is 31.2 Å². The molecule has 1 N–H and O–H groups in total. The first kappa shape index (κ1) is 24.1. The summed E-state index contributed by atoms with van der Waals surface area (Å²) < 4.78 is 79.2. The number of benzene rings is 1. The molecule has 2 aromatic rings. The van der Waals surface area contributed by atoms with Crippen molar-refractivity contribution in [2.75, 3.05) is 14.1 Å². The van der Waals surface area contributed by atoms with E-state index in [1.807, 2.05) is 0 Å². The summed E-state index contributed by atoms with van der Waals surface area (Å²) in [4.78, 5) is 22.1. The highest BCUT2D eigenvalue weighted by molar-refractivity contribution is 6.19. The minimum absolute atomic E-state index is 0.0520. The van der Waals surface area contributed by atoms with Crippen LogP contribution >= 0.6 is 0 Å². The van der Waals surface area contributed by atoms with Crippen LogP contribution in [0.1, 0.15) is 29.2 Å². The van der Waals surface area contributed by atoms with Gasteiger partial charge in [-0.25, -0.2) is 4.99 Å². The molecule has 3 rings (SSSR count). The van der Waals surface area contributed by atoms with Crippen molar-refractivity contribution in [3.8, 4) is 0 Å². The number of carbonyl (C=O) groups is 1. The van der Waals surface area contributed by atoms with Gasteiger partial charge in [-0.1, -0.05) is 6.07 Å². The Morgan fingerprint density at radius 2 is 1.70 bits per heavy atom. The van der Waals surface area contributed by atoms with E-state index in [-0.39, 0.29) is 28.9 Å². The van der Waals surface area contributed by atoms with Crippen LogP contribution in [0.2, 0.25) is 0 Å². The van der Waals surface area contributed by atoms with Crippen LogP contribution in [0.25, 0.3) is 5.57 Å². The van der Waals surface area contributed by atoms with E-state index >= 15 is 0 Å². The fraction of sp³-hybridized carbons (Fsp3) is 0.286. The van der Waals surface area contributed by atoms with Gasteiger partial charge in [0.25, 0.3) is 5.91 Å². The number of halogens is 6. The Morgan fingerprint density at radius 3 is 2.18 bits per heavy atom. The number of hydrogen-bond acceptors (Lipinski definition) is 5. The molecule has 0 aliphatic carbocycles. The van der Waals surface area contributed by atoms with Crippen LogP contribution < -0.4 is 5.43 Å². The van der Waals surface area contributed by atoms with Crippen molar-refractivity contribution < 1.29 is 31.1 Å². The fourth-order valence-electron chi connectivity index (χ4n) is 3.02. The van der Waals surface area contributed by atoms with Crippen molar-refractivity contribution in [3.63, 3.8) is 0 Å². The normalized spacial score (nSPS) is 17.0. The predicted molar refractivity (Wildman–Crippen MR) is 108 cm³/mol. The molecule has 0 bridgehead atoms. The van der Waals surface area contributed by atoms with E-state index in [2.05, 4.69) is 15.4 Å². The lowest BCUT2D eigenvalue weighted by Crippen LogP contribution is -2.37. The third-order valence-electron chi connectivity index (χ3n) is 4.69. The van der Waals surface area contributed by atoms with Crippen LogP contribution in [0.4, 0.5) is 26.3 Å². The Hall–Kier alpha value is -3.57. The third kappa shape index (κ3) is 5.44. The van der Waals surface area contributed by atoms with E-state index in [9.17, 15) is 31.1 Å².